The Labute approximate surface area is 158 Å². The number of hydrogen-bond donors (Lipinski definition) is 1. The Morgan fingerprint density at radius 1 is 0.826 bits per heavy atom. The van der Waals surface area contributed by atoms with Crippen molar-refractivity contribution in [1.29, 1.82) is 0 Å². The van der Waals surface area contributed by atoms with Crippen LogP contribution in [0.15, 0.2) is 24.3 Å². The molecule has 0 saturated heterocycles. The first-order chi connectivity index (χ1) is 11.2. The largest absolute Gasteiger partial charge is 0.481 e. The number of carboxylic acid groups (broad SMARTS) is 1. The molecule has 0 aromatic heterocycles. The minimum atomic E-state index is -0.671. The van der Waals surface area contributed by atoms with Gasteiger partial charge in [-0.15, -0.1) is 0 Å². The van der Waals surface area contributed by atoms with Crippen LogP contribution in [-0.2, 0) is 4.79 Å². The van der Waals surface area contributed by atoms with Crippen LogP contribution in [0.4, 0.5) is 0 Å². The van der Waals surface area contributed by atoms with E-state index >= 15 is 0 Å². The summed E-state index contributed by atoms with van der Waals surface area (Å²) in [5, 5.41) is 8.50. The van der Waals surface area contributed by atoms with Crippen LogP contribution in [0, 0.1) is 0 Å². The van der Waals surface area contributed by atoms with Gasteiger partial charge in [0.2, 0.25) is 0 Å². The van der Waals surface area contributed by atoms with Crippen LogP contribution in [0.3, 0.4) is 0 Å². The third-order valence-electron chi connectivity index (χ3n) is 3.34. The van der Waals surface area contributed by atoms with Crippen LogP contribution in [0.25, 0.3) is 0 Å². The highest BCUT2D eigenvalue weighted by Gasteiger charge is 1.95. The fourth-order valence-electron chi connectivity index (χ4n) is 2.09. The fraction of sp³-hybridized carbons (Fsp3) is 0.750. The monoisotopic (exact) mass is 436 g/mol. The quantitative estimate of drug-likeness (QED) is 0.134. The van der Waals surface area contributed by atoms with E-state index in [1.54, 1.807) is 0 Å². The van der Waals surface area contributed by atoms with Gasteiger partial charge in [-0.1, -0.05) is 92.8 Å². The molecule has 0 heterocycles. The predicted octanol–water partition coefficient (Wildman–Crippen LogP) is 7.33. The third-order valence-corrected chi connectivity index (χ3v) is 3.34. The van der Waals surface area contributed by atoms with E-state index < -0.39 is 5.97 Å². The van der Waals surface area contributed by atoms with E-state index in [2.05, 4.69) is 60.7 Å². The van der Waals surface area contributed by atoms with Crippen molar-refractivity contribution in [3.05, 3.63) is 24.3 Å². The summed E-state index contributed by atoms with van der Waals surface area (Å²) in [7, 11) is 0. The second kappa shape index (κ2) is 23.9. The van der Waals surface area contributed by atoms with Gasteiger partial charge in [0.25, 0.3) is 0 Å². The smallest absolute Gasteiger partial charge is 0.303 e. The van der Waals surface area contributed by atoms with Crippen LogP contribution < -0.4 is 0 Å². The maximum atomic E-state index is 10.3. The summed E-state index contributed by atoms with van der Waals surface area (Å²) in [6.45, 7) is 4.35. The van der Waals surface area contributed by atoms with E-state index in [0.717, 1.165) is 25.7 Å². The Hall–Kier alpha value is -0.320. The molecule has 0 amide bonds. The molecule has 0 aromatic carbocycles. The maximum absolute atomic E-state index is 10.3. The molecule has 1 N–H and O–H groups in total. The summed E-state index contributed by atoms with van der Waals surface area (Å²) in [6, 6.07) is 0. The summed E-state index contributed by atoms with van der Waals surface area (Å²) in [5.41, 5.74) is 0. The first-order valence-corrected chi connectivity index (χ1v) is 10.8. The zero-order valence-corrected chi connectivity index (χ0v) is 17.4. The van der Waals surface area contributed by atoms with E-state index in [0.29, 0.717) is 6.42 Å². The van der Waals surface area contributed by atoms with Crippen LogP contribution in [-0.4, -0.2) is 15.5 Å². The topological polar surface area (TPSA) is 37.3 Å². The molecular formula is C20H37IO2. The lowest BCUT2D eigenvalue weighted by molar-refractivity contribution is -0.137. The molecule has 0 radical (unpaired) electrons. The average molecular weight is 436 g/mol. The van der Waals surface area contributed by atoms with Gasteiger partial charge in [-0.05, 0) is 43.0 Å². The Balaban J connectivity index is 0. The van der Waals surface area contributed by atoms with Gasteiger partial charge in [0, 0.05) is 6.42 Å². The number of halogens is 1. The number of allylic oxidation sites excluding steroid dienone is 4. The lowest BCUT2D eigenvalue weighted by atomic mass is 10.1. The van der Waals surface area contributed by atoms with Gasteiger partial charge in [0.05, 0.1) is 0 Å². The van der Waals surface area contributed by atoms with Crippen molar-refractivity contribution in [2.75, 3.05) is 4.43 Å². The van der Waals surface area contributed by atoms with Crippen molar-refractivity contribution in [3.63, 3.8) is 0 Å². The summed E-state index contributed by atoms with van der Waals surface area (Å²) in [4.78, 5) is 10.3. The van der Waals surface area contributed by atoms with E-state index in [-0.39, 0.29) is 0 Å². The number of unbranched alkanes of at least 4 members (excludes halogenated alkanes) is 8. The molecule has 0 spiro atoms. The second-order valence-electron chi connectivity index (χ2n) is 5.64. The number of carbonyl (C=O) groups is 1. The lowest BCUT2D eigenvalue weighted by Crippen LogP contribution is -1.93. The van der Waals surface area contributed by atoms with Crippen LogP contribution in [0.5, 0.6) is 0 Å². The van der Waals surface area contributed by atoms with E-state index in [9.17, 15) is 4.79 Å². The maximum Gasteiger partial charge on any atom is 0.303 e. The SMILES string of the molecule is CCCCC/C=C\C/C=C\CCCCCCCC(=O)O.CCI. The van der Waals surface area contributed by atoms with E-state index in [4.69, 9.17) is 5.11 Å². The standard InChI is InChI=1S/C18H32O2.C2H5I/c1-2-3-4-5-6-7-8-9-10-11-12-13-14-15-16-17-18(19)20;1-2-3/h6-7,9-10H,2-5,8,11-17H2,1H3,(H,19,20);2H2,1H3/b7-6-,10-9-;. The summed E-state index contributed by atoms with van der Waals surface area (Å²) in [5.74, 6) is -0.671. The van der Waals surface area contributed by atoms with Crippen molar-refractivity contribution >= 4 is 28.6 Å². The number of aliphatic carboxylic acids is 1. The van der Waals surface area contributed by atoms with Crippen molar-refractivity contribution < 1.29 is 9.90 Å². The van der Waals surface area contributed by atoms with Gasteiger partial charge >= 0.3 is 5.97 Å². The summed E-state index contributed by atoms with van der Waals surface area (Å²) < 4.78 is 1.22. The normalized spacial score (nSPS) is 10.9. The van der Waals surface area contributed by atoms with Gasteiger partial charge < -0.3 is 5.11 Å². The summed E-state index contributed by atoms with van der Waals surface area (Å²) in [6.07, 6.45) is 22.3. The minimum Gasteiger partial charge on any atom is -0.481 e. The predicted molar refractivity (Wildman–Crippen MR) is 112 cm³/mol. The highest BCUT2D eigenvalue weighted by atomic mass is 127. The minimum absolute atomic E-state index is 0.324. The van der Waals surface area contributed by atoms with Crippen LogP contribution in [0.2, 0.25) is 0 Å². The molecule has 3 heteroatoms. The molecule has 0 bridgehead atoms. The van der Waals surface area contributed by atoms with Crippen molar-refractivity contribution in [3.8, 4) is 0 Å². The third kappa shape index (κ3) is 30.2. The van der Waals surface area contributed by atoms with E-state index in [1.165, 1.54) is 49.4 Å². The number of hydrogen-bond acceptors (Lipinski definition) is 1. The molecule has 23 heavy (non-hydrogen) atoms. The first kappa shape index (κ1) is 24.9. The van der Waals surface area contributed by atoms with E-state index in [1.807, 2.05) is 0 Å². The Bertz CT molecular complexity index is 285. The molecule has 0 rings (SSSR count). The highest BCUT2D eigenvalue weighted by molar-refractivity contribution is 14.1. The fourth-order valence-corrected chi connectivity index (χ4v) is 2.09. The van der Waals surface area contributed by atoms with Crippen molar-refractivity contribution in [2.45, 2.75) is 90.9 Å². The Morgan fingerprint density at radius 3 is 1.83 bits per heavy atom. The molecule has 0 atom stereocenters. The number of rotatable bonds is 14. The van der Waals surface area contributed by atoms with Gasteiger partial charge in [0.15, 0.2) is 0 Å². The molecule has 0 fully saturated rings. The lowest BCUT2D eigenvalue weighted by Gasteiger charge is -1.98. The van der Waals surface area contributed by atoms with Crippen LogP contribution in [0.1, 0.15) is 90.9 Å². The average Bonchev–Trinajstić information content (AvgIpc) is 2.51. The highest BCUT2D eigenvalue weighted by Crippen LogP contribution is 2.08. The van der Waals surface area contributed by atoms with Crippen molar-refractivity contribution in [1.82, 2.24) is 0 Å². The molecule has 0 aliphatic heterocycles. The molecule has 2 nitrogen and oxygen atoms in total. The Morgan fingerprint density at radius 2 is 1.30 bits per heavy atom. The molecule has 0 saturated carbocycles. The molecular weight excluding hydrogens is 399 g/mol. The van der Waals surface area contributed by atoms with Crippen molar-refractivity contribution in [2.24, 2.45) is 0 Å². The molecule has 0 unspecified atom stereocenters. The zero-order valence-electron chi connectivity index (χ0n) is 15.2. The molecule has 0 aliphatic carbocycles. The van der Waals surface area contributed by atoms with Gasteiger partial charge in [0.1, 0.15) is 0 Å². The zero-order chi connectivity index (χ0) is 17.6. The number of carboxylic acids is 1. The molecule has 0 aliphatic rings. The second-order valence-corrected chi connectivity index (χ2v) is 7.17. The number of alkyl halides is 1. The first-order valence-electron chi connectivity index (χ1n) is 9.26. The van der Waals surface area contributed by atoms with Gasteiger partial charge in [-0.2, -0.15) is 0 Å². The van der Waals surface area contributed by atoms with Gasteiger partial charge in [-0.25, -0.2) is 0 Å². The van der Waals surface area contributed by atoms with Crippen LogP contribution >= 0.6 is 22.6 Å². The molecule has 0 aromatic rings. The van der Waals surface area contributed by atoms with Gasteiger partial charge in [-0.3, -0.25) is 4.79 Å². The Kier molecular flexibility index (Phi) is 25.9. The summed E-state index contributed by atoms with van der Waals surface area (Å²) >= 11 is 2.29. The molecule has 136 valence electrons.